The van der Waals surface area contributed by atoms with E-state index in [9.17, 15) is 4.79 Å². The molecule has 0 spiro atoms. The zero-order chi connectivity index (χ0) is 15.0. The van der Waals surface area contributed by atoms with Crippen LogP contribution in [-0.4, -0.2) is 19.1 Å². The first kappa shape index (κ1) is 15.9. The first-order valence-electron chi connectivity index (χ1n) is 6.86. The minimum absolute atomic E-state index is 0.0397. The van der Waals surface area contributed by atoms with Gasteiger partial charge in [0, 0.05) is 18.2 Å². The number of hydrogen-bond donors (Lipinski definition) is 1. The van der Waals surface area contributed by atoms with Gasteiger partial charge in [-0.05, 0) is 26.3 Å². The summed E-state index contributed by atoms with van der Waals surface area (Å²) in [6.07, 6.45) is 6.78. The molecule has 0 aliphatic heterocycles. The smallest absolute Gasteiger partial charge is 0.224 e. The molecule has 0 heterocycles. The van der Waals surface area contributed by atoms with Crippen molar-refractivity contribution < 1.29 is 14.3 Å². The second-order valence-corrected chi connectivity index (χ2v) is 4.16. The maximum absolute atomic E-state index is 11.7. The Hall–Kier alpha value is -2.15. The number of carbonyl (C=O) groups is 1. The molecule has 0 unspecified atom stereocenters. The molecule has 20 heavy (non-hydrogen) atoms. The van der Waals surface area contributed by atoms with Gasteiger partial charge < -0.3 is 14.8 Å². The summed E-state index contributed by atoms with van der Waals surface area (Å²) in [4.78, 5) is 11.7. The molecule has 0 bridgehead atoms. The number of benzene rings is 1. The van der Waals surface area contributed by atoms with E-state index in [1.807, 2.05) is 20.8 Å². The third-order valence-electron chi connectivity index (χ3n) is 2.56. The third kappa shape index (κ3) is 4.20. The molecule has 0 aliphatic carbocycles. The predicted molar refractivity (Wildman–Crippen MR) is 80.3 cm³/mol. The summed E-state index contributed by atoms with van der Waals surface area (Å²) in [6.45, 7) is 6.71. The Morgan fingerprint density at radius 1 is 1.25 bits per heavy atom. The summed E-state index contributed by atoms with van der Waals surface area (Å²) in [7, 11) is 0. The number of anilines is 1. The molecular formula is C16H21NO3. The van der Waals surface area contributed by atoms with E-state index in [4.69, 9.17) is 15.9 Å². The van der Waals surface area contributed by atoms with Crippen LogP contribution in [0.3, 0.4) is 0 Å². The normalized spacial score (nSPS) is 9.70. The largest absolute Gasteiger partial charge is 0.490 e. The van der Waals surface area contributed by atoms with Crippen LogP contribution < -0.4 is 14.8 Å². The highest BCUT2D eigenvalue weighted by molar-refractivity contribution is 5.91. The highest BCUT2D eigenvalue weighted by Gasteiger charge is 2.13. The molecule has 0 aromatic heterocycles. The van der Waals surface area contributed by atoms with Gasteiger partial charge in [0.1, 0.15) is 0 Å². The lowest BCUT2D eigenvalue weighted by Gasteiger charge is -2.15. The summed E-state index contributed by atoms with van der Waals surface area (Å²) in [6, 6.07) is 3.46. The monoisotopic (exact) mass is 275 g/mol. The van der Waals surface area contributed by atoms with Gasteiger partial charge in [-0.3, -0.25) is 4.79 Å². The molecule has 0 aliphatic rings. The van der Waals surface area contributed by atoms with Crippen LogP contribution >= 0.6 is 0 Å². The lowest BCUT2D eigenvalue weighted by Crippen LogP contribution is -2.11. The minimum atomic E-state index is -0.0397. The topological polar surface area (TPSA) is 47.6 Å². The molecule has 108 valence electrons. The van der Waals surface area contributed by atoms with E-state index in [0.717, 1.165) is 6.42 Å². The summed E-state index contributed by atoms with van der Waals surface area (Å²) >= 11 is 0. The standard InChI is InChI=1S/C16H21NO3/c1-5-9-15(18)17-13-10-12(6-2)16(20-8-4)14(11-13)19-7-3/h2,10-11H,5,7-9H2,1,3-4H3,(H,17,18). The highest BCUT2D eigenvalue weighted by atomic mass is 16.5. The van der Waals surface area contributed by atoms with Crippen LogP contribution in [-0.2, 0) is 4.79 Å². The van der Waals surface area contributed by atoms with Crippen molar-refractivity contribution in [2.24, 2.45) is 0 Å². The van der Waals surface area contributed by atoms with Gasteiger partial charge in [-0.25, -0.2) is 0 Å². The van der Waals surface area contributed by atoms with Gasteiger partial charge in [0.05, 0.1) is 18.8 Å². The number of rotatable bonds is 7. The van der Waals surface area contributed by atoms with Gasteiger partial charge in [-0.1, -0.05) is 12.8 Å². The molecule has 1 rings (SSSR count). The molecule has 4 nitrogen and oxygen atoms in total. The van der Waals surface area contributed by atoms with Crippen LogP contribution in [0.5, 0.6) is 11.5 Å². The van der Waals surface area contributed by atoms with Crippen molar-refractivity contribution in [3.05, 3.63) is 17.7 Å². The molecule has 0 saturated heterocycles. The van der Waals surface area contributed by atoms with Gasteiger partial charge in [0.25, 0.3) is 0 Å². The van der Waals surface area contributed by atoms with Crippen molar-refractivity contribution in [3.63, 3.8) is 0 Å². The fourth-order valence-corrected chi connectivity index (χ4v) is 1.79. The highest BCUT2D eigenvalue weighted by Crippen LogP contribution is 2.34. The van der Waals surface area contributed by atoms with E-state index in [0.29, 0.717) is 42.4 Å². The molecule has 1 amide bonds. The molecule has 1 aromatic carbocycles. The van der Waals surface area contributed by atoms with Crippen LogP contribution in [0.1, 0.15) is 39.2 Å². The van der Waals surface area contributed by atoms with Crippen LogP contribution in [0.4, 0.5) is 5.69 Å². The van der Waals surface area contributed by atoms with Gasteiger partial charge in [-0.15, -0.1) is 6.42 Å². The minimum Gasteiger partial charge on any atom is -0.490 e. The Balaban J connectivity index is 3.12. The first-order chi connectivity index (χ1) is 9.65. The number of carbonyl (C=O) groups excluding carboxylic acids is 1. The second-order valence-electron chi connectivity index (χ2n) is 4.16. The van der Waals surface area contributed by atoms with Gasteiger partial charge in [-0.2, -0.15) is 0 Å². The third-order valence-corrected chi connectivity index (χ3v) is 2.56. The maximum atomic E-state index is 11.7. The number of amides is 1. The quantitative estimate of drug-likeness (QED) is 0.777. The van der Waals surface area contributed by atoms with E-state index < -0.39 is 0 Å². The van der Waals surface area contributed by atoms with Crippen LogP contribution in [0.15, 0.2) is 12.1 Å². The maximum Gasteiger partial charge on any atom is 0.224 e. The molecule has 0 saturated carbocycles. The fourth-order valence-electron chi connectivity index (χ4n) is 1.79. The summed E-state index contributed by atoms with van der Waals surface area (Å²) in [5.41, 5.74) is 1.20. The molecule has 1 N–H and O–H groups in total. The van der Waals surface area contributed by atoms with Crippen LogP contribution in [0.25, 0.3) is 0 Å². The van der Waals surface area contributed by atoms with E-state index >= 15 is 0 Å². The van der Waals surface area contributed by atoms with Crippen molar-refractivity contribution in [3.8, 4) is 23.8 Å². The summed E-state index contributed by atoms with van der Waals surface area (Å²) in [5.74, 6) is 3.63. The lowest BCUT2D eigenvalue weighted by molar-refractivity contribution is -0.116. The van der Waals surface area contributed by atoms with E-state index in [1.165, 1.54) is 0 Å². The molecule has 0 atom stereocenters. The lowest BCUT2D eigenvalue weighted by atomic mass is 10.1. The number of hydrogen-bond acceptors (Lipinski definition) is 3. The molecule has 0 fully saturated rings. The van der Waals surface area contributed by atoms with Crippen molar-refractivity contribution in [1.82, 2.24) is 0 Å². The summed E-state index contributed by atoms with van der Waals surface area (Å²) < 4.78 is 11.1. The predicted octanol–water partition coefficient (Wildman–Crippen LogP) is 3.20. The second kappa shape index (κ2) is 8.11. The first-order valence-corrected chi connectivity index (χ1v) is 6.86. The van der Waals surface area contributed by atoms with Crippen LogP contribution in [0.2, 0.25) is 0 Å². The number of nitrogens with one attached hydrogen (secondary N) is 1. The van der Waals surface area contributed by atoms with Crippen LogP contribution in [0, 0.1) is 12.3 Å². The zero-order valence-corrected chi connectivity index (χ0v) is 12.3. The van der Waals surface area contributed by atoms with Gasteiger partial charge in [0.2, 0.25) is 5.91 Å². The fraction of sp³-hybridized carbons (Fsp3) is 0.438. The number of terminal acetylenes is 1. The van der Waals surface area contributed by atoms with Crippen molar-refractivity contribution in [2.75, 3.05) is 18.5 Å². The van der Waals surface area contributed by atoms with Gasteiger partial charge in [0.15, 0.2) is 11.5 Å². The Labute approximate surface area is 120 Å². The molecule has 0 radical (unpaired) electrons. The zero-order valence-electron chi connectivity index (χ0n) is 12.3. The van der Waals surface area contributed by atoms with Crippen molar-refractivity contribution >= 4 is 11.6 Å². The van der Waals surface area contributed by atoms with E-state index in [2.05, 4.69) is 11.2 Å². The molecule has 4 heteroatoms. The molecule has 1 aromatic rings. The Morgan fingerprint density at radius 3 is 2.50 bits per heavy atom. The Morgan fingerprint density at radius 2 is 1.95 bits per heavy atom. The average molecular weight is 275 g/mol. The molecular weight excluding hydrogens is 254 g/mol. The Kier molecular flexibility index (Phi) is 6.45. The van der Waals surface area contributed by atoms with Gasteiger partial charge >= 0.3 is 0 Å². The van der Waals surface area contributed by atoms with Crippen molar-refractivity contribution in [2.45, 2.75) is 33.6 Å². The Bertz CT molecular complexity index is 503. The average Bonchev–Trinajstić information content (AvgIpc) is 2.42. The van der Waals surface area contributed by atoms with E-state index in [-0.39, 0.29) is 5.91 Å². The van der Waals surface area contributed by atoms with Crippen molar-refractivity contribution in [1.29, 1.82) is 0 Å². The summed E-state index contributed by atoms with van der Waals surface area (Å²) in [5, 5.41) is 2.82. The number of ether oxygens (including phenoxy) is 2. The SMILES string of the molecule is C#Cc1cc(NC(=O)CCC)cc(OCC)c1OCC. The van der Waals surface area contributed by atoms with E-state index in [1.54, 1.807) is 12.1 Å².